The Balaban J connectivity index is 5.27. The summed E-state index contributed by atoms with van der Waals surface area (Å²) < 4.78 is 68.0. The van der Waals surface area contributed by atoms with Gasteiger partial charge in [-0.25, -0.2) is 9.13 Å². The van der Waals surface area contributed by atoms with Crippen LogP contribution in [0.1, 0.15) is 299 Å². The van der Waals surface area contributed by atoms with Crippen molar-refractivity contribution in [3.63, 3.8) is 0 Å². The number of hydrogen-bond donors (Lipinski definition) is 3. The maximum Gasteiger partial charge on any atom is 0.472 e. The molecule has 0 saturated heterocycles. The molecule has 0 aromatic carbocycles. The third-order valence-corrected chi connectivity index (χ3v) is 16.8. The first-order valence-electron chi connectivity index (χ1n) is 33.7. The zero-order valence-electron chi connectivity index (χ0n) is 54.5. The van der Waals surface area contributed by atoms with Crippen LogP contribution in [0.15, 0.2) is 24.3 Å². The van der Waals surface area contributed by atoms with Crippen LogP contribution in [0.3, 0.4) is 0 Å². The Morgan fingerprint density at radius 1 is 0.388 bits per heavy atom. The molecule has 0 aliphatic heterocycles. The summed E-state index contributed by atoms with van der Waals surface area (Å²) in [6, 6.07) is 0. The summed E-state index contributed by atoms with van der Waals surface area (Å²) in [5.41, 5.74) is 0. The van der Waals surface area contributed by atoms with Crippen LogP contribution >= 0.6 is 15.6 Å². The summed E-state index contributed by atoms with van der Waals surface area (Å²) in [5.74, 6) is -0.0473. The highest BCUT2D eigenvalue weighted by Gasteiger charge is 2.30. The summed E-state index contributed by atoms with van der Waals surface area (Å²) in [6.07, 6.45) is 41.4. The molecule has 0 radical (unpaired) electrons. The van der Waals surface area contributed by atoms with E-state index in [2.05, 4.69) is 72.8 Å². The Kier molecular flexibility index (Phi) is 55.1. The molecular weight excluding hydrogens is 1130 g/mol. The van der Waals surface area contributed by atoms with Crippen LogP contribution in [-0.4, -0.2) is 96.7 Å². The molecule has 0 saturated carbocycles. The van der Waals surface area contributed by atoms with Crippen LogP contribution in [-0.2, 0) is 65.4 Å². The topological polar surface area (TPSA) is 237 Å². The van der Waals surface area contributed by atoms with Gasteiger partial charge in [-0.3, -0.25) is 37.3 Å². The van der Waals surface area contributed by atoms with Gasteiger partial charge in [-0.15, -0.1) is 0 Å². The summed E-state index contributed by atoms with van der Waals surface area (Å²) in [4.78, 5) is 72.2. The lowest BCUT2D eigenvalue weighted by molar-refractivity contribution is -0.161. The molecular formula is C66H124O17P2. The van der Waals surface area contributed by atoms with Gasteiger partial charge in [0.1, 0.15) is 19.3 Å². The standard InChI is InChI=1S/C66H124O17P2/c1-8-10-11-12-13-14-15-16-17-18-19-20-24-35-42-49-65(70)82-61(53-76-63(68)47-40-33-28-26-30-37-44-57(3)4)55-80-84(72,73)78-51-60(67)52-79-85(74,75)81-56-62(54-77-64(69)48-41-34-29-27-31-38-45-58(5)6)83-66(71)50-43-36-25-22-21-23-32-39-46-59(7)9-2/h14-17,57-62,67H,8-13,18-56H2,1-7H3,(H,72,73)(H,74,75)/b15-14-,17-16-/t59?,60-,61-,62-/m1/s1. The molecule has 0 aliphatic rings. The first-order chi connectivity index (χ1) is 40.8. The first-order valence-corrected chi connectivity index (χ1v) is 36.7. The van der Waals surface area contributed by atoms with Crippen LogP contribution in [0.25, 0.3) is 0 Å². The molecule has 0 heterocycles. The molecule has 0 aromatic heterocycles. The van der Waals surface area contributed by atoms with E-state index >= 15 is 0 Å². The van der Waals surface area contributed by atoms with Gasteiger partial charge in [-0.2, -0.15) is 0 Å². The van der Waals surface area contributed by atoms with Crippen molar-refractivity contribution in [3.8, 4) is 0 Å². The van der Waals surface area contributed by atoms with Gasteiger partial charge in [0.15, 0.2) is 12.2 Å². The van der Waals surface area contributed by atoms with Gasteiger partial charge < -0.3 is 33.8 Å². The zero-order valence-corrected chi connectivity index (χ0v) is 56.3. The van der Waals surface area contributed by atoms with Crippen LogP contribution in [0, 0.1) is 17.8 Å². The molecule has 0 spiro atoms. The fourth-order valence-electron chi connectivity index (χ4n) is 9.26. The number of rotatable bonds is 62. The third kappa shape index (κ3) is 59.0. The molecule has 19 heteroatoms. The fraction of sp³-hybridized carbons (Fsp3) is 0.879. The monoisotopic (exact) mass is 1250 g/mol. The average molecular weight is 1250 g/mol. The van der Waals surface area contributed by atoms with Crippen molar-refractivity contribution >= 4 is 39.5 Å². The predicted molar refractivity (Wildman–Crippen MR) is 340 cm³/mol. The van der Waals surface area contributed by atoms with Gasteiger partial charge in [-0.05, 0) is 69.1 Å². The second-order valence-electron chi connectivity index (χ2n) is 24.4. The van der Waals surface area contributed by atoms with E-state index in [1.54, 1.807) is 0 Å². The highest BCUT2D eigenvalue weighted by Crippen LogP contribution is 2.45. The van der Waals surface area contributed by atoms with Crippen LogP contribution < -0.4 is 0 Å². The second-order valence-corrected chi connectivity index (χ2v) is 27.3. The largest absolute Gasteiger partial charge is 0.472 e. The number of phosphoric ester groups is 2. The van der Waals surface area contributed by atoms with Gasteiger partial charge in [0.2, 0.25) is 0 Å². The summed E-state index contributed by atoms with van der Waals surface area (Å²) in [6.45, 7) is 11.6. The lowest BCUT2D eigenvalue weighted by Crippen LogP contribution is -2.30. The van der Waals surface area contributed by atoms with Crippen LogP contribution in [0.2, 0.25) is 0 Å². The second kappa shape index (κ2) is 56.8. The number of aliphatic hydroxyl groups is 1. The number of carbonyl (C=O) groups excluding carboxylic acids is 4. The maximum atomic E-state index is 13.0. The number of carbonyl (C=O) groups is 4. The Labute approximate surface area is 516 Å². The van der Waals surface area contributed by atoms with Crippen LogP contribution in [0.5, 0.6) is 0 Å². The van der Waals surface area contributed by atoms with Crippen molar-refractivity contribution < 1.29 is 80.2 Å². The highest BCUT2D eigenvalue weighted by molar-refractivity contribution is 7.47. The smallest absolute Gasteiger partial charge is 0.462 e. The van der Waals surface area contributed by atoms with Crippen molar-refractivity contribution in [2.45, 2.75) is 317 Å². The Morgan fingerprint density at radius 2 is 0.694 bits per heavy atom. The lowest BCUT2D eigenvalue weighted by Gasteiger charge is -2.21. The van der Waals surface area contributed by atoms with E-state index in [4.69, 9.17) is 37.0 Å². The molecule has 500 valence electrons. The number of esters is 4. The molecule has 0 fully saturated rings. The molecule has 3 N–H and O–H groups in total. The van der Waals surface area contributed by atoms with Gasteiger partial charge in [0.25, 0.3) is 0 Å². The van der Waals surface area contributed by atoms with E-state index in [-0.39, 0.29) is 25.7 Å². The number of hydrogen-bond acceptors (Lipinski definition) is 15. The van der Waals surface area contributed by atoms with Gasteiger partial charge in [0.05, 0.1) is 26.4 Å². The molecule has 85 heavy (non-hydrogen) atoms. The van der Waals surface area contributed by atoms with Crippen LogP contribution in [0.4, 0.5) is 0 Å². The molecule has 0 amide bonds. The minimum Gasteiger partial charge on any atom is -0.462 e. The summed E-state index contributed by atoms with van der Waals surface area (Å²) in [7, 11) is -9.90. The predicted octanol–water partition coefficient (Wildman–Crippen LogP) is 17.8. The average Bonchev–Trinajstić information content (AvgIpc) is 3.57. The minimum absolute atomic E-state index is 0.0832. The minimum atomic E-state index is -4.95. The van der Waals surface area contributed by atoms with E-state index in [0.717, 1.165) is 121 Å². The number of phosphoric acid groups is 2. The van der Waals surface area contributed by atoms with Crippen molar-refractivity contribution in [1.82, 2.24) is 0 Å². The van der Waals surface area contributed by atoms with Gasteiger partial charge >= 0.3 is 39.5 Å². The number of ether oxygens (including phenoxy) is 4. The quantitative estimate of drug-likeness (QED) is 0.0169. The number of aliphatic hydroxyl groups excluding tert-OH is 1. The maximum absolute atomic E-state index is 13.0. The Morgan fingerprint density at radius 3 is 1.05 bits per heavy atom. The molecule has 17 nitrogen and oxygen atoms in total. The molecule has 0 aliphatic carbocycles. The fourth-order valence-corrected chi connectivity index (χ4v) is 10.8. The Bertz CT molecular complexity index is 1780. The van der Waals surface area contributed by atoms with E-state index in [9.17, 15) is 43.2 Å². The van der Waals surface area contributed by atoms with E-state index in [1.807, 2.05) is 0 Å². The summed E-state index contributed by atoms with van der Waals surface area (Å²) >= 11 is 0. The van der Waals surface area contributed by atoms with Gasteiger partial charge in [0, 0.05) is 25.7 Å². The lowest BCUT2D eigenvalue weighted by atomic mass is 9.99. The molecule has 0 aromatic rings. The first kappa shape index (κ1) is 82.5. The van der Waals surface area contributed by atoms with E-state index in [1.165, 1.54) is 83.5 Å². The Hall–Kier alpha value is -2.46. The SMILES string of the molecule is CCCCCC/C=C\C=C/CCCCCCCC(=O)O[C@H](COC(=O)CCCCCCCCC(C)C)COP(=O)(O)OC[C@@H](O)COP(=O)(O)OC[C@@H](COC(=O)CCCCCCCCC(C)C)OC(=O)CCCCCCCCCCC(C)CC. The number of allylic oxidation sites excluding steroid dienone is 4. The zero-order chi connectivity index (χ0) is 63.1. The molecule has 0 bridgehead atoms. The van der Waals surface area contributed by atoms with Gasteiger partial charge in [-0.1, -0.05) is 246 Å². The van der Waals surface area contributed by atoms with Crippen molar-refractivity contribution in [3.05, 3.63) is 24.3 Å². The van der Waals surface area contributed by atoms with Crippen molar-refractivity contribution in [2.24, 2.45) is 17.8 Å². The van der Waals surface area contributed by atoms with Crippen molar-refractivity contribution in [1.29, 1.82) is 0 Å². The third-order valence-electron chi connectivity index (χ3n) is 14.9. The van der Waals surface area contributed by atoms with Crippen molar-refractivity contribution in [2.75, 3.05) is 39.6 Å². The normalized spacial score (nSPS) is 14.8. The summed E-state index contributed by atoms with van der Waals surface area (Å²) in [5, 5.41) is 10.5. The molecule has 6 atom stereocenters. The van der Waals surface area contributed by atoms with E-state index < -0.39 is 97.5 Å². The highest BCUT2D eigenvalue weighted by atomic mass is 31.2. The molecule has 3 unspecified atom stereocenters. The molecule has 0 rings (SSSR count). The van der Waals surface area contributed by atoms with E-state index in [0.29, 0.717) is 37.5 Å². The number of unbranched alkanes of at least 4 members (excludes halogenated alkanes) is 26.